The van der Waals surface area contributed by atoms with Crippen LogP contribution in [0.1, 0.15) is 16.8 Å². The minimum absolute atomic E-state index is 0.00298. The van der Waals surface area contributed by atoms with E-state index in [4.69, 9.17) is 5.11 Å². The molecule has 1 heterocycles. The Morgan fingerprint density at radius 2 is 1.80 bits per heavy atom. The van der Waals surface area contributed by atoms with Crippen LogP contribution in [0.4, 0.5) is 0 Å². The van der Waals surface area contributed by atoms with Crippen molar-refractivity contribution in [3.63, 3.8) is 0 Å². The third kappa shape index (κ3) is 2.42. The van der Waals surface area contributed by atoms with Gasteiger partial charge in [0.15, 0.2) is 0 Å². The monoisotopic (exact) mass is 199 g/mol. The van der Waals surface area contributed by atoms with Crippen LogP contribution in [-0.2, 0) is 13.0 Å². The quantitative estimate of drug-likeness (QED) is 0.821. The molecule has 0 unspecified atom stereocenters. The van der Waals surface area contributed by atoms with E-state index in [2.05, 4.69) is 17.1 Å². The van der Waals surface area contributed by atoms with Gasteiger partial charge in [-0.3, -0.25) is 4.98 Å². The number of aliphatic hydroxyl groups excluding tert-OH is 1. The fraction of sp³-hybridized carbons (Fsp3) is 0.154. The number of hydrogen-bond donors (Lipinski definition) is 1. The van der Waals surface area contributed by atoms with Crippen molar-refractivity contribution in [2.45, 2.75) is 13.0 Å². The van der Waals surface area contributed by atoms with E-state index in [0.29, 0.717) is 0 Å². The zero-order valence-corrected chi connectivity index (χ0v) is 8.43. The Morgan fingerprint density at radius 3 is 2.53 bits per heavy atom. The van der Waals surface area contributed by atoms with E-state index >= 15 is 0 Å². The summed E-state index contributed by atoms with van der Waals surface area (Å²) in [5.74, 6) is 0. The Kier molecular flexibility index (Phi) is 3.10. The van der Waals surface area contributed by atoms with Crippen LogP contribution in [-0.4, -0.2) is 10.1 Å². The Hall–Kier alpha value is -1.67. The highest BCUT2D eigenvalue weighted by Crippen LogP contribution is 2.11. The van der Waals surface area contributed by atoms with E-state index in [1.165, 1.54) is 5.56 Å². The van der Waals surface area contributed by atoms with Crippen molar-refractivity contribution in [2.24, 2.45) is 0 Å². The van der Waals surface area contributed by atoms with Gasteiger partial charge in [0, 0.05) is 6.20 Å². The normalized spacial score (nSPS) is 10.2. The van der Waals surface area contributed by atoms with Gasteiger partial charge in [-0.2, -0.15) is 0 Å². The lowest BCUT2D eigenvalue weighted by atomic mass is 10.0. The molecule has 0 amide bonds. The molecule has 0 fully saturated rings. The number of nitrogens with zero attached hydrogens (tertiary/aromatic N) is 1. The van der Waals surface area contributed by atoms with Gasteiger partial charge in [-0.25, -0.2) is 0 Å². The van der Waals surface area contributed by atoms with Crippen LogP contribution in [0, 0.1) is 0 Å². The number of aliphatic hydroxyl groups is 1. The lowest BCUT2D eigenvalue weighted by molar-refractivity contribution is 0.275. The summed E-state index contributed by atoms with van der Waals surface area (Å²) in [5, 5.41) is 9.13. The van der Waals surface area contributed by atoms with Crippen molar-refractivity contribution in [3.05, 3.63) is 65.5 Å². The summed E-state index contributed by atoms with van der Waals surface area (Å²) in [6.45, 7) is 0.00298. The minimum Gasteiger partial charge on any atom is -0.390 e. The van der Waals surface area contributed by atoms with Crippen LogP contribution in [0.15, 0.2) is 48.7 Å². The standard InChI is InChI=1S/C13H13NO/c15-10-13-12(7-4-8-14-13)9-11-5-2-1-3-6-11/h1-8,15H,9-10H2. The number of aromatic nitrogens is 1. The topological polar surface area (TPSA) is 33.1 Å². The molecule has 0 bridgehead atoms. The van der Waals surface area contributed by atoms with E-state index in [-0.39, 0.29) is 6.61 Å². The van der Waals surface area contributed by atoms with Crippen LogP contribution in [0.2, 0.25) is 0 Å². The molecule has 1 aromatic carbocycles. The van der Waals surface area contributed by atoms with Crippen LogP contribution < -0.4 is 0 Å². The molecule has 0 aliphatic carbocycles. The molecule has 0 saturated carbocycles. The maximum Gasteiger partial charge on any atom is 0.0855 e. The second-order valence-electron chi connectivity index (χ2n) is 3.43. The van der Waals surface area contributed by atoms with Gasteiger partial charge in [0.05, 0.1) is 12.3 Å². The van der Waals surface area contributed by atoms with Crippen LogP contribution in [0.3, 0.4) is 0 Å². The number of pyridine rings is 1. The number of benzene rings is 1. The first-order valence-electron chi connectivity index (χ1n) is 4.97. The first-order chi connectivity index (χ1) is 7.40. The maximum absolute atomic E-state index is 9.13. The van der Waals surface area contributed by atoms with Crippen molar-refractivity contribution in [1.29, 1.82) is 0 Å². The Morgan fingerprint density at radius 1 is 1.00 bits per heavy atom. The molecule has 2 rings (SSSR count). The molecule has 0 spiro atoms. The maximum atomic E-state index is 9.13. The molecule has 76 valence electrons. The Bertz CT molecular complexity index is 426. The predicted octanol–water partition coefficient (Wildman–Crippen LogP) is 2.16. The van der Waals surface area contributed by atoms with Gasteiger partial charge in [-0.05, 0) is 23.6 Å². The molecule has 0 saturated heterocycles. The Balaban J connectivity index is 2.24. The number of rotatable bonds is 3. The van der Waals surface area contributed by atoms with E-state index < -0.39 is 0 Å². The molecule has 15 heavy (non-hydrogen) atoms. The molecule has 0 aliphatic rings. The summed E-state index contributed by atoms with van der Waals surface area (Å²) < 4.78 is 0. The van der Waals surface area contributed by atoms with Gasteiger partial charge in [-0.15, -0.1) is 0 Å². The van der Waals surface area contributed by atoms with Crippen LogP contribution in [0.5, 0.6) is 0 Å². The lowest BCUT2D eigenvalue weighted by Crippen LogP contribution is -1.98. The first-order valence-corrected chi connectivity index (χ1v) is 4.97. The minimum atomic E-state index is 0.00298. The van der Waals surface area contributed by atoms with Gasteiger partial charge in [0.1, 0.15) is 0 Å². The SMILES string of the molecule is OCc1ncccc1Cc1ccccc1. The fourth-order valence-electron chi connectivity index (χ4n) is 1.59. The number of hydrogen-bond acceptors (Lipinski definition) is 2. The summed E-state index contributed by atoms with van der Waals surface area (Å²) in [6, 6.07) is 14.1. The molecule has 2 aromatic rings. The van der Waals surface area contributed by atoms with Crippen molar-refractivity contribution in [3.8, 4) is 0 Å². The van der Waals surface area contributed by atoms with Crippen molar-refractivity contribution in [1.82, 2.24) is 4.98 Å². The zero-order chi connectivity index (χ0) is 10.5. The molecule has 1 N–H and O–H groups in total. The average Bonchev–Trinajstić information content (AvgIpc) is 2.31. The molecule has 1 aromatic heterocycles. The molecular weight excluding hydrogens is 186 g/mol. The Labute approximate surface area is 89.2 Å². The summed E-state index contributed by atoms with van der Waals surface area (Å²) >= 11 is 0. The average molecular weight is 199 g/mol. The summed E-state index contributed by atoms with van der Waals surface area (Å²) in [4.78, 5) is 4.14. The zero-order valence-electron chi connectivity index (χ0n) is 8.43. The van der Waals surface area contributed by atoms with Crippen LogP contribution in [0.25, 0.3) is 0 Å². The highest BCUT2D eigenvalue weighted by atomic mass is 16.3. The van der Waals surface area contributed by atoms with Gasteiger partial charge in [0.2, 0.25) is 0 Å². The fourth-order valence-corrected chi connectivity index (χ4v) is 1.59. The predicted molar refractivity (Wildman–Crippen MR) is 59.4 cm³/mol. The first kappa shape index (κ1) is 9.87. The van der Waals surface area contributed by atoms with E-state index in [9.17, 15) is 0 Å². The third-order valence-electron chi connectivity index (χ3n) is 2.37. The molecular formula is C13H13NO. The van der Waals surface area contributed by atoms with Gasteiger partial charge in [-0.1, -0.05) is 36.4 Å². The van der Waals surface area contributed by atoms with Gasteiger partial charge < -0.3 is 5.11 Å². The van der Waals surface area contributed by atoms with Crippen molar-refractivity contribution >= 4 is 0 Å². The second kappa shape index (κ2) is 4.71. The second-order valence-corrected chi connectivity index (χ2v) is 3.43. The molecule has 0 aliphatic heterocycles. The van der Waals surface area contributed by atoms with Crippen molar-refractivity contribution in [2.75, 3.05) is 0 Å². The van der Waals surface area contributed by atoms with E-state index in [1.54, 1.807) is 6.20 Å². The van der Waals surface area contributed by atoms with Crippen LogP contribution >= 0.6 is 0 Å². The molecule has 2 heteroatoms. The highest BCUT2D eigenvalue weighted by Gasteiger charge is 2.02. The smallest absolute Gasteiger partial charge is 0.0855 e. The van der Waals surface area contributed by atoms with E-state index in [1.807, 2.05) is 30.3 Å². The molecule has 0 radical (unpaired) electrons. The summed E-state index contributed by atoms with van der Waals surface area (Å²) in [7, 11) is 0. The van der Waals surface area contributed by atoms with E-state index in [0.717, 1.165) is 17.7 Å². The van der Waals surface area contributed by atoms with Crippen molar-refractivity contribution < 1.29 is 5.11 Å². The lowest BCUT2D eigenvalue weighted by Gasteiger charge is -2.05. The van der Waals surface area contributed by atoms with Gasteiger partial charge in [0.25, 0.3) is 0 Å². The third-order valence-corrected chi connectivity index (χ3v) is 2.37. The molecule has 0 atom stereocenters. The largest absolute Gasteiger partial charge is 0.390 e. The summed E-state index contributed by atoms with van der Waals surface area (Å²) in [6.07, 6.45) is 2.53. The summed E-state index contributed by atoms with van der Waals surface area (Å²) in [5.41, 5.74) is 3.09. The van der Waals surface area contributed by atoms with Gasteiger partial charge >= 0.3 is 0 Å². The molecule has 2 nitrogen and oxygen atoms in total. The highest BCUT2D eigenvalue weighted by molar-refractivity contribution is 5.28.